The third-order valence-electron chi connectivity index (χ3n) is 5.37. The topological polar surface area (TPSA) is 55.2 Å². The van der Waals surface area contributed by atoms with Gasteiger partial charge in [0.25, 0.3) is 5.56 Å². The normalized spacial score (nSPS) is 11.4. The van der Waals surface area contributed by atoms with Crippen LogP contribution >= 0.6 is 11.8 Å². The smallest absolute Gasteiger partial charge is 0.262 e. The van der Waals surface area contributed by atoms with Crippen molar-refractivity contribution in [1.29, 1.82) is 0 Å². The number of anilines is 1. The molecule has 0 N–H and O–H groups in total. The molecule has 0 spiro atoms. The molecule has 32 heavy (non-hydrogen) atoms. The highest BCUT2D eigenvalue weighted by molar-refractivity contribution is 7.99. The number of fused-ring (bicyclic) bond motifs is 2. The van der Waals surface area contributed by atoms with Crippen LogP contribution in [-0.4, -0.2) is 27.8 Å². The minimum Gasteiger partial charge on any atom is -0.311 e. The number of para-hydroxylation sites is 1. The van der Waals surface area contributed by atoms with Gasteiger partial charge >= 0.3 is 0 Å². The number of hydrogen-bond acceptors (Lipinski definition) is 4. The Morgan fingerprint density at radius 2 is 1.69 bits per heavy atom. The predicted molar refractivity (Wildman–Crippen MR) is 134 cm³/mol. The summed E-state index contributed by atoms with van der Waals surface area (Å²) in [6.07, 6.45) is 0. The van der Waals surface area contributed by atoms with Crippen LogP contribution < -0.4 is 10.5 Å². The molecule has 0 aliphatic heterocycles. The van der Waals surface area contributed by atoms with Crippen LogP contribution in [0, 0.1) is 5.92 Å². The highest BCUT2D eigenvalue weighted by atomic mass is 32.2. The van der Waals surface area contributed by atoms with Crippen LogP contribution in [0.1, 0.15) is 20.8 Å². The van der Waals surface area contributed by atoms with Crippen LogP contribution in [0.3, 0.4) is 0 Å². The fourth-order valence-electron chi connectivity index (χ4n) is 3.91. The minimum atomic E-state index is -0.0550. The van der Waals surface area contributed by atoms with E-state index in [0.717, 1.165) is 16.5 Å². The number of amides is 1. The van der Waals surface area contributed by atoms with E-state index in [1.54, 1.807) is 15.5 Å². The number of hydrogen-bond donors (Lipinski definition) is 0. The zero-order valence-electron chi connectivity index (χ0n) is 18.6. The molecule has 1 amide bonds. The second-order valence-corrected chi connectivity index (χ2v) is 9.09. The van der Waals surface area contributed by atoms with Crippen LogP contribution in [-0.2, 0) is 11.3 Å². The first-order valence-corrected chi connectivity index (χ1v) is 11.9. The van der Waals surface area contributed by atoms with E-state index >= 15 is 0 Å². The lowest BCUT2D eigenvalue weighted by atomic mass is 10.1. The average molecular weight is 446 g/mol. The maximum atomic E-state index is 13.3. The maximum Gasteiger partial charge on any atom is 0.262 e. The van der Waals surface area contributed by atoms with E-state index in [1.807, 2.05) is 55.5 Å². The molecule has 0 fully saturated rings. The largest absolute Gasteiger partial charge is 0.311 e. The molecular weight excluding hydrogens is 418 g/mol. The molecule has 4 aromatic rings. The number of nitrogens with zero attached hydrogens (tertiary/aromatic N) is 3. The Kier molecular flexibility index (Phi) is 6.61. The van der Waals surface area contributed by atoms with Crippen LogP contribution in [0.2, 0.25) is 0 Å². The van der Waals surface area contributed by atoms with Gasteiger partial charge in [-0.1, -0.05) is 74.1 Å². The molecule has 0 saturated heterocycles. The highest BCUT2D eigenvalue weighted by Crippen LogP contribution is 2.28. The molecule has 0 bridgehead atoms. The van der Waals surface area contributed by atoms with Crippen LogP contribution in [0.5, 0.6) is 0 Å². The molecule has 1 aromatic heterocycles. The zero-order valence-corrected chi connectivity index (χ0v) is 19.4. The second-order valence-electron chi connectivity index (χ2n) is 8.15. The number of benzene rings is 3. The summed E-state index contributed by atoms with van der Waals surface area (Å²) in [4.78, 5) is 32.9. The quantitative estimate of drug-likeness (QED) is 0.284. The van der Waals surface area contributed by atoms with Gasteiger partial charge in [-0.3, -0.25) is 14.2 Å². The summed E-state index contributed by atoms with van der Waals surface area (Å²) in [5, 5.41) is 3.35. The standard InChI is InChI=1S/C26H27N3O2S/c1-4-28(23-15-9-11-19-10-5-6-12-20(19)23)24(30)17-32-26-27-22-14-8-7-13-21(22)25(31)29(26)16-18(2)3/h5-15,18H,4,16-17H2,1-3H3. The van der Waals surface area contributed by atoms with Gasteiger partial charge in [-0.15, -0.1) is 0 Å². The Morgan fingerprint density at radius 1 is 1.00 bits per heavy atom. The molecule has 164 valence electrons. The van der Waals surface area contributed by atoms with Gasteiger partial charge in [-0.25, -0.2) is 4.98 Å². The van der Waals surface area contributed by atoms with Gasteiger partial charge in [-0.05, 0) is 36.4 Å². The molecule has 0 radical (unpaired) electrons. The fourth-order valence-corrected chi connectivity index (χ4v) is 4.80. The molecule has 3 aromatic carbocycles. The van der Waals surface area contributed by atoms with Crippen molar-refractivity contribution in [3.63, 3.8) is 0 Å². The summed E-state index contributed by atoms with van der Waals surface area (Å²) in [5.74, 6) is 0.487. The molecule has 0 unspecified atom stereocenters. The first-order valence-electron chi connectivity index (χ1n) is 10.9. The average Bonchev–Trinajstić information content (AvgIpc) is 2.80. The summed E-state index contributed by atoms with van der Waals surface area (Å²) in [6, 6.07) is 21.5. The second kappa shape index (κ2) is 9.57. The summed E-state index contributed by atoms with van der Waals surface area (Å²) in [7, 11) is 0. The van der Waals surface area contributed by atoms with Crippen LogP contribution in [0.25, 0.3) is 21.7 Å². The Balaban J connectivity index is 1.65. The van der Waals surface area contributed by atoms with Crippen molar-refractivity contribution < 1.29 is 4.79 Å². The van der Waals surface area contributed by atoms with E-state index in [9.17, 15) is 9.59 Å². The monoisotopic (exact) mass is 445 g/mol. The van der Waals surface area contributed by atoms with Crippen molar-refractivity contribution in [2.45, 2.75) is 32.5 Å². The summed E-state index contributed by atoms with van der Waals surface area (Å²) in [5.41, 5.74) is 1.51. The molecule has 0 atom stereocenters. The molecule has 4 rings (SSSR count). The Bertz CT molecular complexity index is 1320. The first-order chi connectivity index (χ1) is 15.5. The Morgan fingerprint density at radius 3 is 2.44 bits per heavy atom. The van der Waals surface area contributed by atoms with Crippen LogP contribution in [0.15, 0.2) is 76.7 Å². The molecular formula is C26H27N3O2S. The van der Waals surface area contributed by atoms with Crippen molar-refractivity contribution >= 4 is 45.0 Å². The lowest BCUT2D eigenvalue weighted by Crippen LogP contribution is -2.33. The SMILES string of the molecule is CCN(C(=O)CSc1nc2ccccc2c(=O)n1CC(C)C)c1cccc2ccccc12. The lowest BCUT2D eigenvalue weighted by Gasteiger charge is -2.23. The van der Waals surface area contributed by atoms with Gasteiger partial charge in [0, 0.05) is 18.5 Å². The van der Waals surface area contributed by atoms with E-state index in [-0.39, 0.29) is 23.1 Å². The van der Waals surface area contributed by atoms with Gasteiger partial charge in [0.2, 0.25) is 5.91 Å². The Hall–Kier alpha value is -3.12. The van der Waals surface area contributed by atoms with Crippen molar-refractivity contribution in [3.8, 4) is 0 Å². The number of carbonyl (C=O) groups excluding carboxylic acids is 1. The zero-order chi connectivity index (χ0) is 22.7. The molecule has 0 saturated carbocycles. The van der Waals surface area contributed by atoms with Gasteiger partial charge in [0.1, 0.15) is 0 Å². The van der Waals surface area contributed by atoms with Crippen molar-refractivity contribution in [2.75, 3.05) is 17.2 Å². The maximum absolute atomic E-state index is 13.3. The third kappa shape index (κ3) is 4.41. The number of thioether (sulfide) groups is 1. The van der Waals surface area contributed by atoms with E-state index < -0.39 is 0 Å². The molecule has 1 heterocycles. The molecule has 0 aliphatic carbocycles. The Labute approximate surface area is 192 Å². The lowest BCUT2D eigenvalue weighted by molar-refractivity contribution is -0.116. The van der Waals surface area contributed by atoms with E-state index in [1.165, 1.54) is 11.8 Å². The highest BCUT2D eigenvalue weighted by Gasteiger charge is 2.19. The van der Waals surface area contributed by atoms with Gasteiger partial charge in [0.05, 0.1) is 22.3 Å². The van der Waals surface area contributed by atoms with Gasteiger partial charge < -0.3 is 4.90 Å². The summed E-state index contributed by atoms with van der Waals surface area (Å²) in [6.45, 7) is 7.25. The number of carbonyl (C=O) groups is 1. The van der Waals surface area contributed by atoms with Gasteiger partial charge in [0.15, 0.2) is 5.16 Å². The van der Waals surface area contributed by atoms with Crippen molar-refractivity contribution in [1.82, 2.24) is 9.55 Å². The predicted octanol–water partition coefficient (Wildman–Crippen LogP) is 5.35. The van der Waals surface area contributed by atoms with Gasteiger partial charge in [-0.2, -0.15) is 0 Å². The van der Waals surface area contributed by atoms with E-state index in [2.05, 4.69) is 26.0 Å². The first kappa shape index (κ1) is 22.1. The molecule has 6 heteroatoms. The summed E-state index contributed by atoms with van der Waals surface area (Å²) >= 11 is 1.33. The van der Waals surface area contributed by atoms with Crippen molar-refractivity contribution in [2.24, 2.45) is 5.92 Å². The minimum absolute atomic E-state index is 0.00708. The van der Waals surface area contributed by atoms with E-state index in [0.29, 0.717) is 29.1 Å². The van der Waals surface area contributed by atoms with E-state index in [4.69, 9.17) is 4.98 Å². The van der Waals surface area contributed by atoms with Crippen LogP contribution in [0.4, 0.5) is 5.69 Å². The fraction of sp³-hybridized carbons (Fsp3) is 0.269. The number of aromatic nitrogens is 2. The molecule has 5 nitrogen and oxygen atoms in total. The molecule has 0 aliphatic rings. The summed E-state index contributed by atoms with van der Waals surface area (Å²) < 4.78 is 1.71. The van der Waals surface area contributed by atoms with Crippen molar-refractivity contribution in [3.05, 3.63) is 77.1 Å². The third-order valence-corrected chi connectivity index (χ3v) is 6.33. The number of rotatable bonds is 7.